The van der Waals surface area contributed by atoms with Gasteiger partial charge >= 0.3 is 0 Å². The van der Waals surface area contributed by atoms with Gasteiger partial charge in [-0.3, -0.25) is 0 Å². The second-order valence-electron chi connectivity index (χ2n) is 5.09. The van der Waals surface area contributed by atoms with Crippen LogP contribution < -0.4 is 5.32 Å². The third-order valence-corrected chi connectivity index (χ3v) is 4.37. The molecule has 0 spiro atoms. The maximum atomic E-state index is 5.94. The van der Waals surface area contributed by atoms with Gasteiger partial charge in [0.25, 0.3) is 0 Å². The van der Waals surface area contributed by atoms with Crippen molar-refractivity contribution >= 4 is 0 Å². The molecule has 0 aromatic rings. The quantitative estimate of drug-likeness (QED) is 0.720. The molecule has 96 valence electrons. The molecule has 1 aliphatic rings. The molecule has 0 heterocycles. The van der Waals surface area contributed by atoms with Crippen LogP contribution in [0.5, 0.6) is 0 Å². The van der Waals surface area contributed by atoms with E-state index in [0.29, 0.717) is 6.04 Å². The fourth-order valence-corrected chi connectivity index (χ4v) is 3.38. The first-order valence-electron chi connectivity index (χ1n) is 7.02. The largest absolute Gasteiger partial charge is 0.377 e. The van der Waals surface area contributed by atoms with Crippen LogP contribution in [0.1, 0.15) is 59.3 Å². The smallest absolute Gasteiger partial charge is 0.0833 e. The SMILES string of the molecule is CCNC(C(CC)CC)C1(OC)CCCC1. The Morgan fingerprint density at radius 2 is 1.69 bits per heavy atom. The highest BCUT2D eigenvalue weighted by molar-refractivity contribution is 4.99. The van der Waals surface area contributed by atoms with Crippen LogP contribution >= 0.6 is 0 Å². The zero-order chi connectivity index (χ0) is 12.0. The van der Waals surface area contributed by atoms with Crippen molar-refractivity contribution in [1.29, 1.82) is 0 Å². The lowest BCUT2D eigenvalue weighted by atomic mass is 9.80. The maximum absolute atomic E-state index is 5.94. The van der Waals surface area contributed by atoms with E-state index in [0.717, 1.165) is 12.5 Å². The molecule has 0 bridgehead atoms. The Bertz CT molecular complexity index is 183. The summed E-state index contributed by atoms with van der Waals surface area (Å²) in [6.45, 7) is 7.85. The van der Waals surface area contributed by atoms with E-state index in [1.165, 1.54) is 38.5 Å². The first-order valence-corrected chi connectivity index (χ1v) is 7.02. The van der Waals surface area contributed by atoms with Crippen molar-refractivity contribution in [2.45, 2.75) is 70.9 Å². The lowest BCUT2D eigenvalue weighted by molar-refractivity contribution is -0.0525. The monoisotopic (exact) mass is 227 g/mol. The number of methoxy groups -OCH3 is 1. The zero-order valence-electron chi connectivity index (χ0n) is 11.5. The average molecular weight is 227 g/mol. The fraction of sp³-hybridized carbons (Fsp3) is 1.00. The van der Waals surface area contributed by atoms with Gasteiger partial charge in [0.1, 0.15) is 0 Å². The topological polar surface area (TPSA) is 21.3 Å². The van der Waals surface area contributed by atoms with Gasteiger partial charge in [0, 0.05) is 13.2 Å². The van der Waals surface area contributed by atoms with Crippen LogP contribution in [0.4, 0.5) is 0 Å². The van der Waals surface area contributed by atoms with Gasteiger partial charge in [-0.15, -0.1) is 0 Å². The van der Waals surface area contributed by atoms with Crippen molar-refractivity contribution in [1.82, 2.24) is 5.32 Å². The van der Waals surface area contributed by atoms with Crippen LogP contribution in [0.2, 0.25) is 0 Å². The van der Waals surface area contributed by atoms with Gasteiger partial charge in [-0.1, -0.05) is 46.5 Å². The van der Waals surface area contributed by atoms with Crippen molar-refractivity contribution < 1.29 is 4.74 Å². The minimum atomic E-state index is 0.118. The molecule has 2 nitrogen and oxygen atoms in total. The molecule has 1 fully saturated rings. The Morgan fingerprint density at radius 1 is 1.12 bits per heavy atom. The van der Waals surface area contributed by atoms with Crippen molar-refractivity contribution in [3.63, 3.8) is 0 Å². The highest BCUT2D eigenvalue weighted by atomic mass is 16.5. The molecule has 16 heavy (non-hydrogen) atoms. The normalized spacial score (nSPS) is 21.6. The lowest BCUT2D eigenvalue weighted by Gasteiger charge is -2.41. The van der Waals surface area contributed by atoms with Crippen LogP contribution in [0.25, 0.3) is 0 Å². The Balaban J connectivity index is 2.80. The van der Waals surface area contributed by atoms with E-state index in [4.69, 9.17) is 4.74 Å². The van der Waals surface area contributed by atoms with Crippen LogP contribution in [0.15, 0.2) is 0 Å². The Hall–Kier alpha value is -0.0800. The van der Waals surface area contributed by atoms with E-state index in [-0.39, 0.29) is 5.60 Å². The summed E-state index contributed by atoms with van der Waals surface area (Å²) in [7, 11) is 1.90. The number of rotatable bonds is 7. The van der Waals surface area contributed by atoms with Crippen molar-refractivity contribution in [3.8, 4) is 0 Å². The summed E-state index contributed by atoms with van der Waals surface area (Å²) in [6.07, 6.45) is 7.62. The number of hydrogen-bond donors (Lipinski definition) is 1. The molecule has 2 heteroatoms. The van der Waals surface area contributed by atoms with Crippen molar-refractivity contribution in [2.75, 3.05) is 13.7 Å². The number of likely N-dealkylation sites (N-methyl/N-ethyl adjacent to an activating group) is 1. The van der Waals surface area contributed by atoms with Gasteiger partial charge in [-0.05, 0) is 25.3 Å². The van der Waals surface area contributed by atoms with E-state index in [1.807, 2.05) is 7.11 Å². The number of ether oxygens (including phenoxy) is 1. The van der Waals surface area contributed by atoms with Crippen LogP contribution in [-0.2, 0) is 4.74 Å². The Labute approximate surface area is 101 Å². The van der Waals surface area contributed by atoms with Gasteiger partial charge in [-0.2, -0.15) is 0 Å². The highest BCUT2D eigenvalue weighted by Gasteiger charge is 2.43. The number of hydrogen-bond acceptors (Lipinski definition) is 2. The molecule has 0 amide bonds. The first-order chi connectivity index (χ1) is 7.74. The fourth-order valence-electron chi connectivity index (χ4n) is 3.38. The van der Waals surface area contributed by atoms with Gasteiger partial charge < -0.3 is 10.1 Å². The van der Waals surface area contributed by atoms with E-state index < -0.39 is 0 Å². The molecule has 0 saturated heterocycles. The molecule has 1 saturated carbocycles. The second kappa shape index (κ2) is 6.61. The molecule has 1 aliphatic carbocycles. The molecule has 0 aromatic carbocycles. The van der Waals surface area contributed by atoms with E-state index in [1.54, 1.807) is 0 Å². The van der Waals surface area contributed by atoms with Crippen LogP contribution in [0, 0.1) is 5.92 Å². The predicted molar refractivity (Wildman–Crippen MR) is 69.7 cm³/mol. The summed E-state index contributed by atoms with van der Waals surface area (Å²) in [6, 6.07) is 0.542. The minimum Gasteiger partial charge on any atom is -0.377 e. The molecule has 1 rings (SSSR count). The van der Waals surface area contributed by atoms with Crippen molar-refractivity contribution in [3.05, 3.63) is 0 Å². The number of nitrogens with one attached hydrogen (secondary N) is 1. The van der Waals surface area contributed by atoms with Gasteiger partial charge in [0.2, 0.25) is 0 Å². The average Bonchev–Trinajstić information content (AvgIpc) is 2.79. The highest BCUT2D eigenvalue weighted by Crippen LogP contribution is 2.39. The Morgan fingerprint density at radius 3 is 2.06 bits per heavy atom. The van der Waals surface area contributed by atoms with Crippen molar-refractivity contribution in [2.24, 2.45) is 5.92 Å². The minimum absolute atomic E-state index is 0.118. The molecule has 1 atom stereocenters. The third kappa shape index (κ3) is 2.78. The molecule has 0 radical (unpaired) electrons. The van der Waals surface area contributed by atoms with Gasteiger partial charge in [0.15, 0.2) is 0 Å². The summed E-state index contributed by atoms with van der Waals surface area (Å²) in [4.78, 5) is 0. The van der Waals surface area contributed by atoms with Crippen LogP contribution in [0.3, 0.4) is 0 Å². The molecular formula is C14H29NO. The molecule has 0 aliphatic heterocycles. The van der Waals surface area contributed by atoms with E-state index in [9.17, 15) is 0 Å². The second-order valence-corrected chi connectivity index (χ2v) is 5.09. The molecular weight excluding hydrogens is 198 g/mol. The first kappa shape index (κ1) is 14.0. The third-order valence-electron chi connectivity index (χ3n) is 4.37. The lowest BCUT2D eigenvalue weighted by Crippen LogP contribution is -2.54. The Kier molecular flexibility index (Phi) is 5.77. The zero-order valence-corrected chi connectivity index (χ0v) is 11.5. The standard InChI is InChI=1S/C14H29NO/c1-5-12(6-2)13(15-7-3)14(16-4)10-8-9-11-14/h12-13,15H,5-11H2,1-4H3. The molecule has 1 unspecified atom stereocenters. The summed E-state index contributed by atoms with van der Waals surface area (Å²) in [5.41, 5.74) is 0.118. The van der Waals surface area contributed by atoms with E-state index in [2.05, 4.69) is 26.1 Å². The predicted octanol–water partition coefficient (Wildman–Crippen LogP) is 3.36. The summed E-state index contributed by atoms with van der Waals surface area (Å²) in [5, 5.41) is 3.69. The summed E-state index contributed by atoms with van der Waals surface area (Å²) < 4.78 is 5.94. The van der Waals surface area contributed by atoms with E-state index >= 15 is 0 Å². The van der Waals surface area contributed by atoms with Gasteiger partial charge in [-0.25, -0.2) is 0 Å². The summed E-state index contributed by atoms with van der Waals surface area (Å²) in [5.74, 6) is 0.748. The molecule has 1 N–H and O–H groups in total. The van der Waals surface area contributed by atoms with Gasteiger partial charge in [0.05, 0.1) is 5.60 Å². The van der Waals surface area contributed by atoms with Crippen LogP contribution in [-0.4, -0.2) is 25.3 Å². The summed E-state index contributed by atoms with van der Waals surface area (Å²) >= 11 is 0. The maximum Gasteiger partial charge on any atom is 0.0833 e. The molecule has 0 aromatic heterocycles.